The maximum Gasteiger partial charge on any atom is 0.251 e. The van der Waals surface area contributed by atoms with Gasteiger partial charge in [-0.15, -0.1) is 0 Å². The van der Waals surface area contributed by atoms with E-state index in [4.69, 9.17) is 17.0 Å². The summed E-state index contributed by atoms with van der Waals surface area (Å²) in [5.74, 6) is -1.19. The average molecular weight is 348 g/mol. The minimum Gasteiger partial charge on any atom is -0.497 e. The molecular weight excluding hydrogens is 328 g/mol. The molecule has 0 bridgehead atoms. The molecule has 0 spiro atoms. The highest BCUT2D eigenvalue weighted by Crippen LogP contribution is 2.23. The molecule has 1 aromatic rings. The summed E-state index contributed by atoms with van der Waals surface area (Å²) in [5.41, 5.74) is 0.567. The number of aliphatic imine (C=N–C) groups is 1. The maximum absolute atomic E-state index is 12.7. The molecule has 2 amide bonds. The van der Waals surface area contributed by atoms with Gasteiger partial charge < -0.3 is 15.0 Å². The second-order valence-corrected chi connectivity index (χ2v) is 5.89. The Hall–Kier alpha value is -2.32. The van der Waals surface area contributed by atoms with Crippen LogP contribution in [-0.2, 0) is 9.59 Å². The fourth-order valence-corrected chi connectivity index (χ4v) is 2.43. The molecule has 7 nitrogen and oxygen atoms in total. The van der Waals surface area contributed by atoms with Crippen LogP contribution in [0.2, 0.25) is 0 Å². The molecule has 128 valence electrons. The van der Waals surface area contributed by atoms with E-state index >= 15 is 0 Å². The van der Waals surface area contributed by atoms with Crippen molar-refractivity contribution in [3.8, 4) is 5.75 Å². The van der Waals surface area contributed by atoms with Gasteiger partial charge in [0.2, 0.25) is 5.91 Å². The molecule has 1 saturated heterocycles. The number of anilines is 1. The number of carbonyl (C=O) groups excluding carboxylic acids is 2. The van der Waals surface area contributed by atoms with Crippen LogP contribution in [0.4, 0.5) is 5.69 Å². The number of hydrogen-bond acceptors (Lipinski definition) is 6. The summed E-state index contributed by atoms with van der Waals surface area (Å²) in [5, 5.41) is 2.61. The van der Waals surface area contributed by atoms with Gasteiger partial charge in [-0.25, -0.2) is 0 Å². The lowest BCUT2D eigenvalue weighted by Crippen LogP contribution is -2.58. The minimum atomic E-state index is -0.985. The number of nitrogens with one attached hydrogen (secondary N) is 1. The first-order valence-electron chi connectivity index (χ1n) is 7.41. The van der Waals surface area contributed by atoms with Crippen molar-refractivity contribution < 1.29 is 14.3 Å². The molecule has 1 N–H and O–H groups in total. The van der Waals surface area contributed by atoms with Crippen molar-refractivity contribution in [2.75, 3.05) is 39.2 Å². The molecule has 1 aliphatic rings. The van der Waals surface area contributed by atoms with Crippen molar-refractivity contribution in [2.24, 2.45) is 10.9 Å². The molecule has 24 heavy (non-hydrogen) atoms. The zero-order chi connectivity index (χ0) is 17.7. The molecular formula is C16H20N4O3S. The number of rotatable bonds is 6. The van der Waals surface area contributed by atoms with Gasteiger partial charge in [0.25, 0.3) is 5.91 Å². The number of nitrogens with zero attached hydrogens (tertiary/aromatic N) is 3. The lowest BCUT2D eigenvalue weighted by Gasteiger charge is -2.31. The number of hydrogen-bond donors (Lipinski definition) is 1. The molecule has 1 aromatic carbocycles. The van der Waals surface area contributed by atoms with E-state index in [2.05, 4.69) is 10.3 Å². The topological polar surface area (TPSA) is 74.2 Å². The molecule has 0 saturated carbocycles. The predicted octanol–water partition coefficient (Wildman–Crippen LogP) is 0.692. The van der Waals surface area contributed by atoms with Crippen molar-refractivity contribution >= 4 is 41.0 Å². The first-order chi connectivity index (χ1) is 11.4. The van der Waals surface area contributed by atoms with Gasteiger partial charge in [0.15, 0.2) is 11.0 Å². The third kappa shape index (κ3) is 4.15. The largest absolute Gasteiger partial charge is 0.497 e. The second-order valence-electron chi connectivity index (χ2n) is 5.50. The van der Waals surface area contributed by atoms with Gasteiger partial charge in [-0.2, -0.15) is 0 Å². The molecule has 2 rings (SSSR count). The van der Waals surface area contributed by atoms with Gasteiger partial charge >= 0.3 is 0 Å². The first-order valence-corrected chi connectivity index (χ1v) is 7.82. The summed E-state index contributed by atoms with van der Waals surface area (Å²) in [6, 6.07) is 6.87. The maximum atomic E-state index is 12.7. The van der Waals surface area contributed by atoms with Crippen molar-refractivity contribution in [3.63, 3.8) is 0 Å². The number of methoxy groups -OCH3 is 1. The van der Waals surface area contributed by atoms with Crippen LogP contribution in [0.25, 0.3) is 0 Å². The highest BCUT2D eigenvalue weighted by molar-refractivity contribution is 7.80. The predicted molar refractivity (Wildman–Crippen MR) is 96.6 cm³/mol. The summed E-state index contributed by atoms with van der Waals surface area (Å²) in [6.45, 7) is 1.25. The highest BCUT2D eigenvalue weighted by atomic mass is 32.1. The Balaban J connectivity index is 2.17. The van der Waals surface area contributed by atoms with Crippen LogP contribution in [0.1, 0.15) is 0 Å². The molecule has 8 heteroatoms. The van der Waals surface area contributed by atoms with Crippen molar-refractivity contribution in [3.05, 3.63) is 24.3 Å². The van der Waals surface area contributed by atoms with Gasteiger partial charge in [0.1, 0.15) is 5.75 Å². The van der Waals surface area contributed by atoms with Gasteiger partial charge in [-0.1, -0.05) is 0 Å². The van der Waals surface area contributed by atoms with E-state index in [0.717, 1.165) is 6.54 Å². The standard InChI is InChI=1S/C16H20N4O3S/c1-19(2)9-8-17-10-13-14(21)18-16(24)20(15(13)22)11-4-6-12(23-3)7-5-11/h4-7,10,13H,8-9H2,1-3H3,(H,18,21,24). The van der Waals surface area contributed by atoms with Gasteiger partial charge in [-0.05, 0) is 50.6 Å². The van der Waals surface area contributed by atoms with Crippen LogP contribution in [0.5, 0.6) is 5.75 Å². The van der Waals surface area contributed by atoms with Crippen LogP contribution in [0.15, 0.2) is 29.3 Å². The smallest absolute Gasteiger partial charge is 0.251 e. The number of likely N-dealkylation sites (N-methyl/N-ethyl adjacent to an activating group) is 1. The fourth-order valence-electron chi connectivity index (χ4n) is 2.14. The Morgan fingerprint density at radius 3 is 2.58 bits per heavy atom. The lowest BCUT2D eigenvalue weighted by atomic mass is 10.1. The molecule has 1 fully saturated rings. The minimum absolute atomic E-state index is 0.0631. The Bertz CT molecular complexity index is 658. The van der Waals surface area contributed by atoms with Gasteiger partial charge in [0, 0.05) is 12.8 Å². The van der Waals surface area contributed by atoms with Crippen LogP contribution in [0.3, 0.4) is 0 Å². The summed E-state index contributed by atoms with van der Waals surface area (Å²) >= 11 is 5.14. The van der Waals surface area contributed by atoms with Crippen molar-refractivity contribution in [1.29, 1.82) is 0 Å². The number of carbonyl (C=O) groups is 2. The van der Waals surface area contributed by atoms with E-state index in [1.54, 1.807) is 31.4 Å². The molecule has 1 aliphatic heterocycles. The van der Waals surface area contributed by atoms with E-state index in [1.165, 1.54) is 11.1 Å². The zero-order valence-electron chi connectivity index (χ0n) is 13.9. The van der Waals surface area contributed by atoms with Crippen LogP contribution >= 0.6 is 12.2 Å². The molecule has 1 heterocycles. The van der Waals surface area contributed by atoms with E-state index in [9.17, 15) is 9.59 Å². The SMILES string of the molecule is COc1ccc(N2C(=O)C(C=NCCN(C)C)C(=O)NC2=S)cc1. The summed E-state index contributed by atoms with van der Waals surface area (Å²) in [6.07, 6.45) is 1.39. The Morgan fingerprint density at radius 2 is 2.00 bits per heavy atom. The summed E-state index contributed by atoms with van der Waals surface area (Å²) < 4.78 is 5.10. The third-order valence-corrected chi connectivity index (χ3v) is 3.75. The average Bonchev–Trinajstić information content (AvgIpc) is 2.54. The Morgan fingerprint density at radius 1 is 1.33 bits per heavy atom. The quantitative estimate of drug-likeness (QED) is 0.465. The van der Waals surface area contributed by atoms with Gasteiger partial charge in [0.05, 0.1) is 19.3 Å². The number of ether oxygens (including phenoxy) is 1. The lowest BCUT2D eigenvalue weighted by molar-refractivity contribution is -0.130. The number of thiocarbonyl (C=S) groups is 1. The van der Waals surface area contributed by atoms with E-state index in [1.807, 2.05) is 19.0 Å². The fraction of sp³-hybridized carbons (Fsp3) is 0.375. The van der Waals surface area contributed by atoms with Crippen molar-refractivity contribution in [2.45, 2.75) is 0 Å². The van der Waals surface area contributed by atoms with E-state index in [-0.39, 0.29) is 5.11 Å². The molecule has 0 aliphatic carbocycles. The zero-order valence-corrected chi connectivity index (χ0v) is 14.7. The second kappa shape index (κ2) is 7.98. The highest BCUT2D eigenvalue weighted by Gasteiger charge is 2.38. The van der Waals surface area contributed by atoms with Crippen LogP contribution in [0, 0.1) is 5.92 Å². The van der Waals surface area contributed by atoms with Crippen LogP contribution < -0.4 is 15.0 Å². The summed E-state index contributed by atoms with van der Waals surface area (Å²) in [4.78, 5) is 32.2. The van der Waals surface area contributed by atoms with Crippen molar-refractivity contribution in [1.82, 2.24) is 10.2 Å². The molecule has 1 unspecified atom stereocenters. The monoisotopic (exact) mass is 348 g/mol. The Labute approximate surface area is 146 Å². The number of amides is 2. The molecule has 1 atom stereocenters. The van der Waals surface area contributed by atoms with E-state index in [0.29, 0.717) is 18.0 Å². The van der Waals surface area contributed by atoms with E-state index < -0.39 is 17.7 Å². The summed E-state index contributed by atoms with van der Waals surface area (Å²) in [7, 11) is 5.42. The molecule has 0 aromatic heterocycles. The first kappa shape index (κ1) is 18.0. The third-order valence-electron chi connectivity index (χ3n) is 3.46. The van der Waals surface area contributed by atoms with Crippen LogP contribution in [-0.4, -0.2) is 62.3 Å². The normalized spacial score (nSPS) is 18.4. The Kier molecular flexibility index (Phi) is 5.99. The number of benzene rings is 1. The van der Waals surface area contributed by atoms with Gasteiger partial charge in [-0.3, -0.25) is 19.5 Å². The molecule has 0 radical (unpaired) electrons.